The monoisotopic (exact) mass is 470 g/mol. The Labute approximate surface area is 214 Å². The van der Waals surface area contributed by atoms with E-state index in [0.29, 0.717) is 0 Å². The maximum Gasteiger partial charge on any atom is 0.102 e. The second-order valence-electron chi connectivity index (χ2n) is 9.64. The third kappa shape index (κ3) is 2.96. The van der Waals surface area contributed by atoms with Crippen molar-refractivity contribution in [1.82, 2.24) is 9.61 Å². The van der Waals surface area contributed by atoms with Gasteiger partial charge in [0.2, 0.25) is 0 Å². The van der Waals surface area contributed by atoms with Crippen LogP contribution in [0.15, 0.2) is 127 Å². The van der Waals surface area contributed by atoms with Crippen LogP contribution in [0.1, 0.15) is 16.8 Å². The molecule has 0 bridgehead atoms. The summed E-state index contributed by atoms with van der Waals surface area (Å²) in [6, 6.07) is 45.4. The lowest BCUT2D eigenvalue weighted by Crippen LogP contribution is -1.96. The third-order valence-corrected chi connectivity index (χ3v) is 7.54. The average molecular weight is 471 g/mol. The summed E-state index contributed by atoms with van der Waals surface area (Å²) >= 11 is 0. The van der Waals surface area contributed by atoms with Crippen LogP contribution in [0.3, 0.4) is 0 Å². The van der Waals surface area contributed by atoms with Gasteiger partial charge >= 0.3 is 0 Å². The molecule has 2 nitrogen and oxygen atoms in total. The van der Waals surface area contributed by atoms with Gasteiger partial charge < -0.3 is 0 Å². The summed E-state index contributed by atoms with van der Waals surface area (Å²) in [5.41, 5.74) is 10.4. The van der Waals surface area contributed by atoms with E-state index in [2.05, 4.69) is 138 Å². The number of hydrogen-bond donors (Lipinski definition) is 0. The molecule has 0 atom stereocenters. The van der Waals surface area contributed by atoms with Crippen molar-refractivity contribution in [3.05, 3.63) is 144 Å². The number of benzene rings is 5. The Kier molecular flexibility index (Phi) is 4.26. The van der Waals surface area contributed by atoms with Crippen LogP contribution in [0.2, 0.25) is 0 Å². The van der Waals surface area contributed by atoms with Gasteiger partial charge in [0, 0.05) is 22.1 Å². The Morgan fingerprint density at radius 2 is 1.24 bits per heavy atom. The van der Waals surface area contributed by atoms with Crippen molar-refractivity contribution in [2.75, 3.05) is 0 Å². The van der Waals surface area contributed by atoms with Gasteiger partial charge in [-0.15, -0.1) is 0 Å². The van der Waals surface area contributed by atoms with Gasteiger partial charge in [0.05, 0.1) is 11.2 Å². The van der Waals surface area contributed by atoms with Crippen molar-refractivity contribution in [1.29, 1.82) is 0 Å². The van der Waals surface area contributed by atoms with E-state index in [4.69, 9.17) is 5.10 Å². The smallest absolute Gasteiger partial charge is 0.102 e. The van der Waals surface area contributed by atoms with Crippen molar-refractivity contribution in [3.63, 3.8) is 0 Å². The topological polar surface area (TPSA) is 17.3 Å². The molecule has 37 heavy (non-hydrogen) atoms. The largest absolute Gasteiger partial charge is 0.231 e. The summed E-state index contributed by atoms with van der Waals surface area (Å²) in [7, 11) is 0. The summed E-state index contributed by atoms with van der Waals surface area (Å²) in [4.78, 5) is 0. The van der Waals surface area contributed by atoms with Crippen LogP contribution in [0.25, 0.3) is 61.1 Å². The Hall–Kier alpha value is -4.95. The molecular weight excluding hydrogens is 448 g/mol. The fourth-order valence-corrected chi connectivity index (χ4v) is 5.91. The molecular formula is C35H22N2. The molecule has 0 amide bonds. The lowest BCUT2D eigenvalue weighted by molar-refractivity contribution is 0.965. The summed E-state index contributed by atoms with van der Waals surface area (Å²) in [5.74, 6) is 0. The minimum Gasteiger partial charge on any atom is -0.231 e. The minimum absolute atomic E-state index is 1.02. The average Bonchev–Trinajstić information content (AvgIpc) is 3.54. The van der Waals surface area contributed by atoms with Crippen molar-refractivity contribution in [2.45, 2.75) is 0 Å². The van der Waals surface area contributed by atoms with E-state index in [9.17, 15) is 0 Å². The Bertz CT molecular complexity index is 2010. The number of hydrogen-bond acceptors (Lipinski definition) is 1. The van der Waals surface area contributed by atoms with E-state index in [0.717, 1.165) is 22.5 Å². The molecule has 172 valence electrons. The predicted octanol–water partition coefficient (Wildman–Crippen LogP) is 8.88. The van der Waals surface area contributed by atoms with Crippen LogP contribution in [-0.2, 0) is 0 Å². The maximum absolute atomic E-state index is 5.42. The lowest BCUT2D eigenvalue weighted by Gasteiger charge is -2.10. The highest BCUT2D eigenvalue weighted by atomic mass is 15.2. The first-order chi connectivity index (χ1) is 18.4. The molecule has 0 saturated carbocycles. The van der Waals surface area contributed by atoms with Crippen LogP contribution in [-0.4, -0.2) is 9.61 Å². The van der Waals surface area contributed by atoms with Gasteiger partial charge in [-0.05, 0) is 45.0 Å². The molecule has 2 heterocycles. The predicted molar refractivity (Wildman–Crippen MR) is 154 cm³/mol. The van der Waals surface area contributed by atoms with Gasteiger partial charge in [0.25, 0.3) is 0 Å². The second-order valence-corrected chi connectivity index (χ2v) is 9.64. The summed E-state index contributed by atoms with van der Waals surface area (Å²) < 4.78 is 2.17. The minimum atomic E-state index is 1.02. The standard InChI is InChI=1S/C35H22N2/c1-3-11-23(12-4-1)31-22-26-15-7-8-19-28(26)35-33(25-13-5-2-6-14-25)34(36-37(31)35)30-21-27-18-9-16-24-17-10-20-29(30)32(24)27/h1-22H. The molecule has 1 aliphatic rings. The third-order valence-electron chi connectivity index (χ3n) is 7.54. The van der Waals surface area contributed by atoms with Crippen molar-refractivity contribution in [2.24, 2.45) is 0 Å². The van der Waals surface area contributed by atoms with Crippen LogP contribution in [0.4, 0.5) is 0 Å². The van der Waals surface area contributed by atoms with Gasteiger partial charge in [0.1, 0.15) is 5.69 Å². The summed E-state index contributed by atoms with van der Waals surface area (Å²) in [6.45, 7) is 0. The first kappa shape index (κ1) is 20.3. The Morgan fingerprint density at radius 3 is 2.05 bits per heavy atom. The highest BCUT2D eigenvalue weighted by Crippen LogP contribution is 2.45. The zero-order valence-electron chi connectivity index (χ0n) is 20.1. The molecule has 0 saturated heterocycles. The van der Waals surface area contributed by atoms with Crippen LogP contribution < -0.4 is 0 Å². The molecule has 2 heteroatoms. The summed E-state index contributed by atoms with van der Waals surface area (Å²) in [5, 5.41) is 10.4. The number of aromatic nitrogens is 2. The Balaban J connectivity index is 1.55. The molecule has 0 fully saturated rings. The second kappa shape index (κ2) is 7.78. The number of pyridine rings is 1. The van der Waals surface area contributed by atoms with Crippen LogP contribution in [0.5, 0.6) is 0 Å². The number of nitrogens with zero attached hydrogens (tertiary/aromatic N) is 2. The summed E-state index contributed by atoms with van der Waals surface area (Å²) in [6.07, 6.45) is 2.32. The lowest BCUT2D eigenvalue weighted by atomic mass is 9.94. The zero-order chi connectivity index (χ0) is 24.3. The Morgan fingerprint density at radius 1 is 0.568 bits per heavy atom. The van der Waals surface area contributed by atoms with Gasteiger partial charge in [0.15, 0.2) is 0 Å². The van der Waals surface area contributed by atoms with Gasteiger partial charge in [-0.1, -0.05) is 121 Å². The first-order valence-electron chi connectivity index (χ1n) is 12.7. The maximum atomic E-state index is 5.42. The van der Waals surface area contributed by atoms with Gasteiger partial charge in [-0.25, -0.2) is 4.52 Å². The van der Waals surface area contributed by atoms with Crippen molar-refractivity contribution in [3.8, 4) is 22.4 Å². The molecule has 0 N–H and O–H groups in total. The van der Waals surface area contributed by atoms with Gasteiger partial charge in [-0.2, -0.15) is 5.10 Å². The molecule has 8 rings (SSSR count). The quantitative estimate of drug-likeness (QED) is 0.252. The van der Waals surface area contributed by atoms with E-state index in [1.807, 2.05) is 0 Å². The molecule has 0 aliphatic heterocycles. The van der Waals surface area contributed by atoms with Gasteiger partial charge in [-0.3, -0.25) is 0 Å². The highest BCUT2D eigenvalue weighted by Gasteiger charge is 2.26. The molecule has 7 aromatic rings. The van der Waals surface area contributed by atoms with E-state index >= 15 is 0 Å². The van der Waals surface area contributed by atoms with Crippen molar-refractivity contribution < 1.29 is 0 Å². The van der Waals surface area contributed by atoms with Crippen molar-refractivity contribution >= 4 is 38.7 Å². The SMILES string of the molecule is C1=C(c2nn3c(-c4ccccc4)cc4ccccc4c3c2-c2ccccc2)c2cccc3cccc1c23. The fourth-order valence-electron chi connectivity index (χ4n) is 5.91. The van der Waals surface area contributed by atoms with Crippen LogP contribution in [0, 0.1) is 0 Å². The molecule has 0 unspecified atom stereocenters. The van der Waals surface area contributed by atoms with E-state index in [1.165, 1.54) is 49.4 Å². The van der Waals surface area contributed by atoms with Crippen LogP contribution >= 0.6 is 0 Å². The van der Waals surface area contributed by atoms with E-state index in [-0.39, 0.29) is 0 Å². The van der Waals surface area contributed by atoms with E-state index < -0.39 is 0 Å². The van der Waals surface area contributed by atoms with E-state index in [1.54, 1.807) is 0 Å². The molecule has 5 aromatic carbocycles. The number of fused-ring (bicyclic) bond motifs is 3. The molecule has 0 radical (unpaired) electrons. The fraction of sp³-hybridized carbons (Fsp3) is 0. The number of rotatable bonds is 3. The normalized spacial score (nSPS) is 12.5. The zero-order valence-corrected chi connectivity index (χ0v) is 20.1. The molecule has 2 aromatic heterocycles. The first-order valence-corrected chi connectivity index (χ1v) is 12.7. The molecule has 0 spiro atoms. The molecule has 1 aliphatic carbocycles. The highest BCUT2D eigenvalue weighted by molar-refractivity contribution is 6.16.